The van der Waals surface area contributed by atoms with Crippen molar-refractivity contribution in [3.8, 4) is 0 Å². The molecule has 1 aliphatic rings. The molecule has 2 aromatic carbocycles. The van der Waals surface area contributed by atoms with Crippen LogP contribution in [0.15, 0.2) is 42.5 Å². The Hall–Kier alpha value is -3.15. The minimum absolute atomic E-state index is 0.330. The van der Waals surface area contributed by atoms with Crippen LogP contribution >= 0.6 is 0 Å². The van der Waals surface area contributed by atoms with E-state index in [1.54, 1.807) is 6.92 Å². The average Bonchev–Trinajstić information content (AvgIpc) is 2.88. The monoisotopic (exact) mass is 379 g/mol. The molecule has 1 atom stereocenters. The van der Waals surface area contributed by atoms with E-state index in [1.807, 2.05) is 63.2 Å². The molecule has 2 N–H and O–H groups in total. The normalized spacial score (nSPS) is 18.9. The van der Waals surface area contributed by atoms with Gasteiger partial charge in [0.25, 0.3) is 5.91 Å². The van der Waals surface area contributed by atoms with Crippen LogP contribution in [0, 0.1) is 13.8 Å². The molecule has 6 nitrogen and oxygen atoms in total. The molecule has 0 unspecified atom stereocenters. The molecule has 1 aliphatic heterocycles. The Kier molecular flexibility index (Phi) is 5.23. The zero-order valence-corrected chi connectivity index (χ0v) is 16.6. The van der Waals surface area contributed by atoms with Gasteiger partial charge in [-0.05, 0) is 43.9 Å². The number of nitrogens with zero attached hydrogens (tertiary/aromatic N) is 1. The Morgan fingerprint density at radius 2 is 1.79 bits per heavy atom. The Balaban J connectivity index is 1.78. The molecule has 0 saturated carbocycles. The highest BCUT2D eigenvalue weighted by Crippen LogP contribution is 2.29. The summed E-state index contributed by atoms with van der Waals surface area (Å²) in [5.41, 5.74) is 3.26. The molecule has 0 spiro atoms. The van der Waals surface area contributed by atoms with Crippen LogP contribution in [0.3, 0.4) is 0 Å². The van der Waals surface area contributed by atoms with Gasteiger partial charge in [-0.25, -0.2) is 4.79 Å². The smallest absolute Gasteiger partial charge is 0.324 e. The topological polar surface area (TPSA) is 78.5 Å². The van der Waals surface area contributed by atoms with Crippen molar-refractivity contribution in [1.29, 1.82) is 0 Å². The maximum atomic E-state index is 13.0. The molecule has 4 amide bonds. The van der Waals surface area contributed by atoms with E-state index in [1.165, 1.54) is 0 Å². The molecule has 3 rings (SSSR count). The van der Waals surface area contributed by atoms with Gasteiger partial charge >= 0.3 is 6.03 Å². The Labute approximate surface area is 164 Å². The van der Waals surface area contributed by atoms with Gasteiger partial charge in [0.1, 0.15) is 12.1 Å². The van der Waals surface area contributed by atoms with Crippen molar-refractivity contribution in [2.75, 3.05) is 11.9 Å². The van der Waals surface area contributed by atoms with Crippen molar-refractivity contribution >= 4 is 23.5 Å². The number of anilines is 1. The van der Waals surface area contributed by atoms with Gasteiger partial charge in [-0.3, -0.25) is 14.5 Å². The first-order valence-corrected chi connectivity index (χ1v) is 9.36. The fraction of sp³-hybridized carbons (Fsp3) is 0.318. The van der Waals surface area contributed by atoms with Gasteiger partial charge in [-0.1, -0.05) is 55.0 Å². The van der Waals surface area contributed by atoms with Gasteiger partial charge in [0.05, 0.1) is 0 Å². The number of imide groups is 1. The quantitative estimate of drug-likeness (QED) is 0.783. The fourth-order valence-electron chi connectivity index (χ4n) is 3.45. The lowest BCUT2D eigenvalue weighted by Gasteiger charge is -2.22. The van der Waals surface area contributed by atoms with Crippen LogP contribution in [0.2, 0.25) is 0 Å². The molecule has 2 aromatic rings. The molecule has 0 aliphatic carbocycles. The number of benzene rings is 2. The fourth-order valence-corrected chi connectivity index (χ4v) is 3.45. The van der Waals surface area contributed by atoms with Gasteiger partial charge in [0.15, 0.2) is 0 Å². The number of nitrogens with one attached hydrogen (secondary N) is 2. The van der Waals surface area contributed by atoms with E-state index in [2.05, 4.69) is 10.6 Å². The number of rotatable bonds is 5. The number of amides is 4. The molecule has 1 heterocycles. The van der Waals surface area contributed by atoms with Gasteiger partial charge < -0.3 is 10.6 Å². The molecule has 1 fully saturated rings. The largest absolute Gasteiger partial charge is 0.325 e. The van der Waals surface area contributed by atoms with E-state index in [0.29, 0.717) is 5.56 Å². The zero-order valence-electron chi connectivity index (χ0n) is 16.6. The summed E-state index contributed by atoms with van der Waals surface area (Å²) in [5.74, 6) is -0.836. The minimum atomic E-state index is -1.18. The number of hydrogen-bond acceptors (Lipinski definition) is 3. The van der Waals surface area contributed by atoms with E-state index in [4.69, 9.17) is 0 Å². The van der Waals surface area contributed by atoms with E-state index in [9.17, 15) is 14.4 Å². The van der Waals surface area contributed by atoms with Crippen LogP contribution in [-0.4, -0.2) is 29.3 Å². The summed E-state index contributed by atoms with van der Waals surface area (Å²) in [7, 11) is 0. The maximum Gasteiger partial charge on any atom is 0.325 e. The molecule has 28 heavy (non-hydrogen) atoms. The Morgan fingerprint density at radius 1 is 1.11 bits per heavy atom. The first-order valence-electron chi connectivity index (χ1n) is 9.36. The number of carbonyl (C=O) groups is 3. The van der Waals surface area contributed by atoms with Crippen molar-refractivity contribution in [1.82, 2.24) is 10.2 Å². The zero-order chi connectivity index (χ0) is 20.5. The summed E-state index contributed by atoms with van der Waals surface area (Å²) in [5, 5.41) is 5.59. The standard InChI is InChI=1S/C22H25N3O3/c1-5-16-8-6-7-15(3)19(16)23-18(26)13-25-20(27)22(4,24-21(25)28)17-11-9-14(2)10-12-17/h6-12H,5,13H2,1-4H3,(H,23,26)(H,24,28)/t22-/m1/s1. The van der Waals surface area contributed by atoms with Crippen LogP contribution in [0.5, 0.6) is 0 Å². The van der Waals surface area contributed by atoms with E-state index in [-0.39, 0.29) is 6.54 Å². The first-order chi connectivity index (χ1) is 13.3. The van der Waals surface area contributed by atoms with Crippen molar-refractivity contribution in [2.45, 2.75) is 39.7 Å². The summed E-state index contributed by atoms with van der Waals surface area (Å²) in [6.45, 7) is 7.20. The van der Waals surface area contributed by atoms with Crippen molar-refractivity contribution in [3.05, 3.63) is 64.7 Å². The molecule has 6 heteroatoms. The minimum Gasteiger partial charge on any atom is -0.324 e. The van der Waals surface area contributed by atoms with Crippen LogP contribution in [-0.2, 0) is 21.5 Å². The van der Waals surface area contributed by atoms with Crippen molar-refractivity contribution in [3.63, 3.8) is 0 Å². The SMILES string of the molecule is CCc1cccc(C)c1NC(=O)CN1C(=O)N[C@](C)(c2ccc(C)cc2)C1=O. The average molecular weight is 379 g/mol. The van der Waals surface area contributed by atoms with Crippen molar-refractivity contribution < 1.29 is 14.4 Å². The first kappa shape index (κ1) is 19.6. The lowest BCUT2D eigenvalue weighted by molar-refractivity contribution is -0.133. The highest BCUT2D eigenvalue weighted by atomic mass is 16.2. The molecule has 0 radical (unpaired) electrons. The van der Waals surface area contributed by atoms with E-state index >= 15 is 0 Å². The molecular formula is C22H25N3O3. The second kappa shape index (κ2) is 7.46. The lowest BCUT2D eigenvalue weighted by atomic mass is 9.91. The predicted octanol–water partition coefficient (Wildman–Crippen LogP) is 3.27. The van der Waals surface area contributed by atoms with E-state index in [0.717, 1.165) is 33.7 Å². The third-order valence-corrected chi connectivity index (χ3v) is 5.21. The van der Waals surface area contributed by atoms with Crippen molar-refractivity contribution in [2.24, 2.45) is 0 Å². The molecule has 0 aromatic heterocycles. The lowest BCUT2D eigenvalue weighted by Crippen LogP contribution is -2.42. The summed E-state index contributed by atoms with van der Waals surface area (Å²) in [6.07, 6.45) is 0.770. The van der Waals surface area contributed by atoms with Crippen LogP contribution in [0.1, 0.15) is 36.1 Å². The highest BCUT2D eigenvalue weighted by molar-refractivity contribution is 6.10. The van der Waals surface area contributed by atoms with Gasteiger partial charge in [0, 0.05) is 5.69 Å². The number of urea groups is 1. The Bertz CT molecular complexity index is 937. The third-order valence-electron chi connectivity index (χ3n) is 5.21. The molecular weight excluding hydrogens is 354 g/mol. The maximum absolute atomic E-state index is 13.0. The van der Waals surface area contributed by atoms with Crippen LogP contribution < -0.4 is 10.6 Å². The molecule has 1 saturated heterocycles. The van der Waals surface area contributed by atoms with Gasteiger partial charge in [0.2, 0.25) is 5.91 Å². The third kappa shape index (κ3) is 3.50. The summed E-state index contributed by atoms with van der Waals surface area (Å²) in [4.78, 5) is 39.0. The number of aryl methyl sites for hydroxylation is 3. The second-order valence-electron chi connectivity index (χ2n) is 7.32. The highest BCUT2D eigenvalue weighted by Gasteiger charge is 2.49. The summed E-state index contributed by atoms with van der Waals surface area (Å²) >= 11 is 0. The van der Waals surface area contributed by atoms with Crippen LogP contribution in [0.4, 0.5) is 10.5 Å². The second-order valence-corrected chi connectivity index (χ2v) is 7.32. The Morgan fingerprint density at radius 3 is 2.43 bits per heavy atom. The molecule has 0 bridgehead atoms. The summed E-state index contributed by atoms with van der Waals surface area (Å²) in [6, 6.07) is 12.6. The molecule has 146 valence electrons. The van der Waals surface area contributed by atoms with Gasteiger partial charge in [-0.2, -0.15) is 0 Å². The number of carbonyl (C=O) groups excluding carboxylic acids is 3. The number of para-hydroxylation sites is 1. The summed E-state index contributed by atoms with van der Waals surface area (Å²) < 4.78 is 0. The van der Waals surface area contributed by atoms with Crippen LogP contribution in [0.25, 0.3) is 0 Å². The van der Waals surface area contributed by atoms with Gasteiger partial charge in [-0.15, -0.1) is 0 Å². The predicted molar refractivity (Wildman–Crippen MR) is 108 cm³/mol. The number of hydrogen-bond donors (Lipinski definition) is 2. The van der Waals surface area contributed by atoms with E-state index < -0.39 is 23.4 Å².